The molecule has 1 aromatic heterocycles. The van der Waals surface area contributed by atoms with E-state index in [1.54, 1.807) is 0 Å². The molecule has 1 aromatic rings. The maximum atomic E-state index is 8.58. The van der Waals surface area contributed by atoms with E-state index >= 15 is 0 Å². The maximum absolute atomic E-state index is 8.58. The summed E-state index contributed by atoms with van der Waals surface area (Å²) in [6.07, 6.45) is 3.03. The van der Waals surface area contributed by atoms with Crippen LogP contribution in [0.25, 0.3) is 0 Å². The van der Waals surface area contributed by atoms with Crippen LogP contribution in [0.15, 0.2) is 17.3 Å². The SMILES string of the molecule is Cc1ccc(CNCC2(CC(N)=NO)CC2)s1. The zero-order valence-corrected chi connectivity index (χ0v) is 10.9. The van der Waals surface area contributed by atoms with Crippen LogP contribution in [0.4, 0.5) is 0 Å². The van der Waals surface area contributed by atoms with Gasteiger partial charge in [-0.3, -0.25) is 0 Å². The summed E-state index contributed by atoms with van der Waals surface area (Å²) in [5.41, 5.74) is 5.80. The van der Waals surface area contributed by atoms with Crippen LogP contribution in [0.5, 0.6) is 0 Å². The fraction of sp³-hybridized carbons (Fsp3) is 0.583. The highest BCUT2D eigenvalue weighted by Crippen LogP contribution is 2.48. The lowest BCUT2D eigenvalue weighted by atomic mass is 10.0. The molecule has 0 radical (unpaired) electrons. The van der Waals surface area contributed by atoms with Gasteiger partial charge in [-0.25, -0.2) is 0 Å². The van der Waals surface area contributed by atoms with Crippen LogP contribution in [0.3, 0.4) is 0 Å². The molecule has 0 spiro atoms. The summed E-state index contributed by atoms with van der Waals surface area (Å²) < 4.78 is 0. The van der Waals surface area contributed by atoms with Gasteiger partial charge in [0.2, 0.25) is 0 Å². The number of hydrogen-bond acceptors (Lipinski definition) is 4. The van der Waals surface area contributed by atoms with Crippen LogP contribution < -0.4 is 11.1 Å². The van der Waals surface area contributed by atoms with Gasteiger partial charge < -0.3 is 16.3 Å². The molecule has 0 aliphatic heterocycles. The smallest absolute Gasteiger partial charge is 0.139 e. The average Bonchev–Trinajstić information content (AvgIpc) is 2.93. The quantitative estimate of drug-likeness (QED) is 0.314. The van der Waals surface area contributed by atoms with Crippen molar-refractivity contribution in [1.82, 2.24) is 5.32 Å². The molecule has 2 rings (SSSR count). The van der Waals surface area contributed by atoms with Crippen LogP contribution in [-0.2, 0) is 6.54 Å². The van der Waals surface area contributed by atoms with Gasteiger partial charge in [0, 0.05) is 29.3 Å². The minimum absolute atomic E-state index is 0.239. The van der Waals surface area contributed by atoms with Gasteiger partial charge in [-0.2, -0.15) is 0 Å². The summed E-state index contributed by atoms with van der Waals surface area (Å²) in [7, 11) is 0. The molecular formula is C12H19N3OS. The van der Waals surface area contributed by atoms with Gasteiger partial charge in [-0.05, 0) is 37.3 Å². The van der Waals surface area contributed by atoms with Gasteiger partial charge in [0.25, 0.3) is 0 Å². The van der Waals surface area contributed by atoms with Gasteiger partial charge >= 0.3 is 0 Å². The third-order valence-electron chi connectivity index (χ3n) is 3.24. The fourth-order valence-electron chi connectivity index (χ4n) is 2.04. The van der Waals surface area contributed by atoms with Gasteiger partial charge in [0.15, 0.2) is 0 Å². The Balaban J connectivity index is 1.75. The number of rotatable bonds is 6. The summed E-state index contributed by atoms with van der Waals surface area (Å²) in [4.78, 5) is 2.71. The third-order valence-corrected chi connectivity index (χ3v) is 4.24. The summed E-state index contributed by atoms with van der Waals surface area (Å²) in [6, 6.07) is 4.31. The first kappa shape index (κ1) is 12.4. The van der Waals surface area contributed by atoms with Gasteiger partial charge in [0.05, 0.1) is 0 Å². The lowest BCUT2D eigenvalue weighted by Crippen LogP contribution is -2.27. The molecule has 4 N–H and O–H groups in total. The first-order chi connectivity index (χ1) is 8.13. The van der Waals surface area contributed by atoms with E-state index in [4.69, 9.17) is 10.9 Å². The Hall–Kier alpha value is -1.07. The highest BCUT2D eigenvalue weighted by molar-refractivity contribution is 7.11. The first-order valence-electron chi connectivity index (χ1n) is 5.86. The molecule has 1 aliphatic carbocycles. The van der Waals surface area contributed by atoms with Crippen LogP contribution in [0.1, 0.15) is 29.0 Å². The molecule has 0 unspecified atom stereocenters. The van der Waals surface area contributed by atoms with Crippen molar-refractivity contribution < 1.29 is 5.21 Å². The Morgan fingerprint density at radius 3 is 2.88 bits per heavy atom. The summed E-state index contributed by atoms with van der Waals surface area (Å²) >= 11 is 1.83. The minimum atomic E-state index is 0.239. The predicted octanol–water partition coefficient (Wildman–Crippen LogP) is 2.06. The maximum Gasteiger partial charge on any atom is 0.139 e. The Labute approximate surface area is 106 Å². The van der Waals surface area contributed by atoms with Gasteiger partial charge in [-0.1, -0.05) is 5.16 Å². The lowest BCUT2D eigenvalue weighted by Gasteiger charge is -2.14. The van der Waals surface area contributed by atoms with Crippen molar-refractivity contribution in [3.8, 4) is 0 Å². The number of nitrogens with zero attached hydrogens (tertiary/aromatic N) is 1. The van der Waals surface area contributed by atoms with Crippen LogP contribution in [0.2, 0.25) is 0 Å². The Morgan fingerprint density at radius 1 is 1.59 bits per heavy atom. The van der Waals surface area contributed by atoms with Gasteiger partial charge in [0.1, 0.15) is 5.84 Å². The van der Waals surface area contributed by atoms with E-state index in [2.05, 4.69) is 29.5 Å². The van der Waals surface area contributed by atoms with Crippen molar-refractivity contribution in [3.63, 3.8) is 0 Å². The highest BCUT2D eigenvalue weighted by atomic mass is 32.1. The van der Waals surface area contributed by atoms with E-state index in [0.29, 0.717) is 12.3 Å². The monoisotopic (exact) mass is 253 g/mol. The molecule has 0 atom stereocenters. The van der Waals surface area contributed by atoms with E-state index in [1.807, 2.05) is 11.3 Å². The van der Waals surface area contributed by atoms with Gasteiger partial charge in [-0.15, -0.1) is 11.3 Å². The van der Waals surface area contributed by atoms with E-state index in [1.165, 1.54) is 22.6 Å². The summed E-state index contributed by atoms with van der Waals surface area (Å²) in [5.74, 6) is 0.344. The molecule has 17 heavy (non-hydrogen) atoms. The predicted molar refractivity (Wildman–Crippen MR) is 70.5 cm³/mol. The van der Waals surface area contributed by atoms with Crippen molar-refractivity contribution in [3.05, 3.63) is 21.9 Å². The molecule has 4 nitrogen and oxygen atoms in total. The standard InChI is InChI=1S/C12H19N3OS/c1-9-2-3-10(17-9)7-14-8-12(4-5-12)6-11(13)15-16/h2-3,14,16H,4-8H2,1H3,(H2,13,15). The zero-order chi connectivity index (χ0) is 12.3. The van der Waals surface area contributed by atoms with E-state index in [9.17, 15) is 0 Å². The molecule has 5 heteroatoms. The van der Waals surface area contributed by atoms with E-state index < -0.39 is 0 Å². The molecule has 1 fully saturated rings. The van der Waals surface area contributed by atoms with Crippen molar-refractivity contribution in [2.75, 3.05) is 6.54 Å². The third kappa shape index (κ3) is 3.44. The number of hydrogen-bond donors (Lipinski definition) is 3. The summed E-state index contributed by atoms with van der Waals surface area (Å²) in [6.45, 7) is 3.98. The fourth-order valence-corrected chi connectivity index (χ4v) is 2.90. The molecule has 0 amide bonds. The van der Waals surface area contributed by atoms with Crippen LogP contribution in [0, 0.1) is 12.3 Å². The Bertz CT molecular complexity index is 410. The number of thiophene rings is 1. The van der Waals surface area contributed by atoms with Crippen LogP contribution >= 0.6 is 11.3 Å². The molecule has 94 valence electrons. The van der Waals surface area contributed by atoms with Crippen LogP contribution in [-0.4, -0.2) is 17.6 Å². The molecular weight excluding hydrogens is 234 g/mol. The van der Waals surface area contributed by atoms with E-state index in [0.717, 1.165) is 13.1 Å². The summed E-state index contributed by atoms with van der Waals surface area (Å²) in [5, 5.41) is 15.1. The number of nitrogens with one attached hydrogen (secondary N) is 1. The normalized spacial score (nSPS) is 18.3. The second-order valence-electron chi connectivity index (χ2n) is 4.88. The second kappa shape index (κ2) is 5.06. The second-order valence-corrected chi connectivity index (χ2v) is 6.26. The van der Waals surface area contributed by atoms with Crippen molar-refractivity contribution >= 4 is 17.2 Å². The van der Waals surface area contributed by atoms with Crippen molar-refractivity contribution in [2.24, 2.45) is 16.3 Å². The molecule has 1 heterocycles. The topological polar surface area (TPSA) is 70.6 Å². The number of aryl methyl sites for hydroxylation is 1. The average molecular weight is 253 g/mol. The largest absolute Gasteiger partial charge is 0.409 e. The first-order valence-corrected chi connectivity index (χ1v) is 6.68. The number of oxime groups is 1. The molecule has 0 saturated heterocycles. The highest BCUT2D eigenvalue weighted by Gasteiger charge is 2.42. The molecule has 0 bridgehead atoms. The lowest BCUT2D eigenvalue weighted by molar-refractivity contribution is 0.314. The molecule has 1 aliphatic rings. The van der Waals surface area contributed by atoms with Crippen molar-refractivity contribution in [2.45, 2.75) is 32.7 Å². The minimum Gasteiger partial charge on any atom is -0.409 e. The van der Waals surface area contributed by atoms with E-state index in [-0.39, 0.29) is 5.41 Å². The van der Waals surface area contributed by atoms with Crippen molar-refractivity contribution in [1.29, 1.82) is 0 Å². The zero-order valence-electron chi connectivity index (χ0n) is 10.1. The molecule has 0 aromatic carbocycles. The Morgan fingerprint density at radius 2 is 2.35 bits per heavy atom. The number of nitrogens with two attached hydrogens (primary N) is 1. The number of amidine groups is 1. The Kier molecular flexibility index (Phi) is 3.69. The molecule has 1 saturated carbocycles.